The molecule has 1 N–H and O–H groups in total. The van der Waals surface area contributed by atoms with Crippen molar-refractivity contribution in [3.05, 3.63) is 53.1 Å². The summed E-state index contributed by atoms with van der Waals surface area (Å²) in [5.74, 6) is 0.612. The molecule has 0 bridgehead atoms. The molecule has 0 saturated carbocycles. The Morgan fingerprint density at radius 3 is 2.42 bits per heavy atom. The van der Waals surface area contributed by atoms with E-state index in [2.05, 4.69) is 20.2 Å². The first kappa shape index (κ1) is 19.8. The highest BCUT2D eigenvalue weighted by molar-refractivity contribution is 5.94. The van der Waals surface area contributed by atoms with Gasteiger partial charge in [-0.2, -0.15) is 0 Å². The number of ether oxygens (including phenoxy) is 1. The molecule has 26 heavy (non-hydrogen) atoms. The van der Waals surface area contributed by atoms with Gasteiger partial charge >= 0.3 is 0 Å². The van der Waals surface area contributed by atoms with Crippen molar-refractivity contribution in [3.63, 3.8) is 0 Å². The number of hydrogen-bond acceptors (Lipinski definition) is 5. The fourth-order valence-corrected chi connectivity index (χ4v) is 2.78. The molecule has 1 fully saturated rings. The van der Waals surface area contributed by atoms with Crippen molar-refractivity contribution in [3.8, 4) is 0 Å². The Kier molecular flexibility index (Phi) is 7.09. The second kappa shape index (κ2) is 9.29. The summed E-state index contributed by atoms with van der Waals surface area (Å²) in [7, 11) is 1.73. The fourth-order valence-electron chi connectivity index (χ4n) is 2.78. The van der Waals surface area contributed by atoms with E-state index in [-0.39, 0.29) is 5.91 Å². The van der Waals surface area contributed by atoms with Crippen molar-refractivity contribution in [1.29, 1.82) is 0 Å². The number of methoxy groups -OCH3 is 1. The van der Waals surface area contributed by atoms with Crippen LogP contribution in [0.4, 0.5) is 5.69 Å². The van der Waals surface area contributed by atoms with Gasteiger partial charge in [0.15, 0.2) is 0 Å². The van der Waals surface area contributed by atoms with E-state index in [0.29, 0.717) is 24.0 Å². The minimum absolute atomic E-state index is 0.103. The zero-order valence-electron chi connectivity index (χ0n) is 16.2. The van der Waals surface area contributed by atoms with Crippen molar-refractivity contribution in [2.75, 3.05) is 25.1 Å². The monoisotopic (exact) mass is 356 g/mol. The molecule has 0 radical (unpaired) electrons. The molecule has 140 valence electrons. The van der Waals surface area contributed by atoms with Crippen molar-refractivity contribution >= 4 is 11.6 Å². The van der Waals surface area contributed by atoms with Crippen LogP contribution in [0.25, 0.3) is 0 Å². The van der Waals surface area contributed by atoms with Gasteiger partial charge in [0.1, 0.15) is 5.82 Å². The van der Waals surface area contributed by atoms with Gasteiger partial charge in [0.25, 0.3) is 5.91 Å². The zero-order valence-corrected chi connectivity index (χ0v) is 16.2. The molecule has 2 aromatic rings. The minimum Gasteiger partial charge on any atom is -0.378 e. The Bertz CT molecular complexity index is 705. The third-order valence-electron chi connectivity index (χ3n) is 4.13. The lowest BCUT2D eigenvalue weighted by molar-refractivity contribution is 0.0787. The summed E-state index contributed by atoms with van der Waals surface area (Å²) in [6, 6.07) is 9.52. The van der Waals surface area contributed by atoms with E-state index in [1.807, 2.05) is 58.0 Å². The summed E-state index contributed by atoms with van der Waals surface area (Å²) >= 11 is 0. The van der Waals surface area contributed by atoms with Crippen LogP contribution in [0.3, 0.4) is 0 Å². The van der Waals surface area contributed by atoms with Crippen LogP contribution in [0.15, 0.2) is 30.3 Å². The number of aryl methyl sites for hydroxylation is 2. The molecule has 0 aliphatic carbocycles. The van der Waals surface area contributed by atoms with Gasteiger partial charge in [-0.3, -0.25) is 4.79 Å². The van der Waals surface area contributed by atoms with E-state index in [4.69, 9.17) is 4.74 Å². The number of nitrogens with zero attached hydrogens (tertiary/aromatic N) is 3. The van der Waals surface area contributed by atoms with E-state index in [0.717, 1.165) is 30.2 Å². The lowest BCUT2D eigenvalue weighted by atomic mass is 10.1. The molecule has 1 aromatic carbocycles. The molecule has 0 atom stereocenters. The fraction of sp³-hybridized carbons (Fsp3) is 0.450. The summed E-state index contributed by atoms with van der Waals surface area (Å²) in [4.78, 5) is 23.0. The van der Waals surface area contributed by atoms with Crippen molar-refractivity contribution in [1.82, 2.24) is 15.3 Å². The lowest BCUT2D eigenvalue weighted by Crippen LogP contribution is -2.51. The standard InChI is InChI=1S/C18H22N4O2.C2H6/c1-12-8-15(21-13(2)20-12)9-19-18(23)14-4-6-16(7-5-14)22-10-17(11-22)24-3;1-2/h4-8,17H,9-11H2,1-3H3,(H,19,23);1-2H3. The van der Waals surface area contributed by atoms with Crippen LogP contribution in [0.2, 0.25) is 0 Å². The number of amides is 1. The minimum atomic E-state index is -0.103. The molecule has 6 nitrogen and oxygen atoms in total. The summed E-state index contributed by atoms with van der Waals surface area (Å²) in [6.07, 6.45) is 0.313. The van der Waals surface area contributed by atoms with Crippen molar-refractivity contribution in [2.45, 2.75) is 40.3 Å². The second-order valence-electron chi connectivity index (χ2n) is 6.04. The molecule has 6 heteroatoms. The molecule has 1 saturated heterocycles. The molecule has 0 unspecified atom stereocenters. The highest BCUT2D eigenvalue weighted by Gasteiger charge is 2.26. The van der Waals surface area contributed by atoms with Crippen molar-refractivity contribution in [2.24, 2.45) is 0 Å². The molecule has 1 aliphatic rings. The van der Waals surface area contributed by atoms with E-state index < -0.39 is 0 Å². The van der Waals surface area contributed by atoms with E-state index in [1.165, 1.54) is 0 Å². The first-order chi connectivity index (χ1) is 12.5. The quantitative estimate of drug-likeness (QED) is 0.892. The van der Waals surface area contributed by atoms with Crippen LogP contribution in [0, 0.1) is 13.8 Å². The first-order valence-electron chi connectivity index (χ1n) is 9.02. The molecule has 1 aromatic heterocycles. The molecule has 3 rings (SSSR count). The Morgan fingerprint density at radius 2 is 1.85 bits per heavy atom. The average Bonchev–Trinajstić information content (AvgIpc) is 2.60. The topological polar surface area (TPSA) is 67.3 Å². The SMILES string of the molecule is CC.COC1CN(c2ccc(C(=O)NCc3cc(C)nc(C)n3)cc2)C1. The predicted octanol–water partition coefficient (Wildman–Crippen LogP) is 2.88. The van der Waals surface area contributed by atoms with Gasteiger partial charge in [0.05, 0.1) is 18.3 Å². The lowest BCUT2D eigenvalue weighted by Gasteiger charge is -2.40. The molecular formula is C20H28N4O2. The number of benzene rings is 1. The molecule has 1 amide bonds. The smallest absolute Gasteiger partial charge is 0.251 e. The van der Waals surface area contributed by atoms with Gasteiger partial charge in [-0.25, -0.2) is 9.97 Å². The van der Waals surface area contributed by atoms with Crippen LogP contribution < -0.4 is 10.2 Å². The summed E-state index contributed by atoms with van der Waals surface area (Å²) in [6.45, 7) is 9.96. The number of aromatic nitrogens is 2. The number of carbonyl (C=O) groups is 1. The highest BCUT2D eigenvalue weighted by atomic mass is 16.5. The summed E-state index contributed by atoms with van der Waals surface area (Å²) in [5.41, 5.74) is 3.48. The van der Waals surface area contributed by atoms with E-state index >= 15 is 0 Å². The van der Waals surface area contributed by atoms with Crippen LogP contribution in [-0.2, 0) is 11.3 Å². The maximum Gasteiger partial charge on any atom is 0.251 e. The van der Waals surface area contributed by atoms with Gasteiger partial charge in [-0.1, -0.05) is 13.8 Å². The summed E-state index contributed by atoms with van der Waals surface area (Å²) in [5, 5.41) is 2.90. The number of carbonyl (C=O) groups excluding carboxylic acids is 1. The Labute approximate surface area is 155 Å². The second-order valence-corrected chi connectivity index (χ2v) is 6.04. The van der Waals surface area contributed by atoms with E-state index in [9.17, 15) is 4.79 Å². The zero-order chi connectivity index (χ0) is 19.1. The Hall–Kier alpha value is -2.47. The molecule has 2 heterocycles. The summed E-state index contributed by atoms with van der Waals surface area (Å²) < 4.78 is 5.27. The van der Waals surface area contributed by atoms with Gasteiger partial charge in [0.2, 0.25) is 0 Å². The van der Waals surface area contributed by atoms with Crippen LogP contribution in [0.1, 0.15) is 41.4 Å². The third kappa shape index (κ3) is 5.02. The highest BCUT2D eigenvalue weighted by Crippen LogP contribution is 2.22. The predicted molar refractivity (Wildman–Crippen MR) is 103 cm³/mol. The van der Waals surface area contributed by atoms with Gasteiger partial charge in [0, 0.05) is 37.1 Å². The number of anilines is 1. The maximum atomic E-state index is 12.3. The molecule has 0 spiro atoms. The van der Waals surface area contributed by atoms with Gasteiger partial charge < -0.3 is 15.0 Å². The number of hydrogen-bond donors (Lipinski definition) is 1. The Morgan fingerprint density at radius 1 is 1.19 bits per heavy atom. The number of rotatable bonds is 5. The van der Waals surface area contributed by atoms with Crippen LogP contribution >= 0.6 is 0 Å². The Balaban J connectivity index is 0.00000117. The third-order valence-corrected chi connectivity index (χ3v) is 4.13. The van der Waals surface area contributed by atoms with Gasteiger partial charge in [-0.15, -0.1) is 0 Å². The largest absolute Gasteiger partial charge is 0.378 e. The van der Waals surface area contributed by atoms with E-state index in [1.54, 1.807) is 7.11 Å². The van der Waals surface area contributed by atoms with Gasteiger partial charge in [-0.05, 0) is 44.2 Å². The molecular weight excluding hydrogens is 328 g/mol. The molecule has 1 aliphatic heterocycles. The van der Waals surface area contributed by atoms with Crippen molar-refractivity contribution < 1.29 is 9.53 Å². The average molecular weight is 356 g/mol. The first-order valence-corrected chi connectivity index (χ1v) is 9.02. The van der Waals surface area contributed by atoms with Crippen LogP contribution in [0.5, 0.6) is 0 Å². The number of nitrogens with one attached hydrogen (secondary N) is 1. The maximum absolute atomic E-state index is 12.3. The van der Waals surface area contributed by atoms with Crippen LogP contribution in [-0.4, -0.2) is 42.2 Å². The normalized spacial score (nSPS) is 13.5.